The number of carbonyl (C=O) groups excluding carboxylic acids is 2. The van der Waals surface area contributed by atoms with E-state index in [0.717, 1.165) is 24.0 Å². The Morgan fingerprint density at radius 1 is 1.33 bits per heavy atom. The Morgan fingerprint density at radius 2 is 2.03 bits per heavy atom. The van der Waals surface area contributed by atoms with Crippen molar-refractivity contribution in [1.82, 2.24) is 5.32 Å². The van der Waals surface area contributed by atoms with Crippen molar-refractivity contribution >= 4 is 17.8 Å². The molecule has 1 aromatic rings. The van der Waals surface area contributed by atoms with Crippen molar-refractivity contribution in [2.24, 2.45) is 29.4 Å². The quantitative estimate of drug-likeness (QED) is 0.411. The van der Waals surface area contributed by atoms with Gasteiger partial charge in [-0.1, -0.05) is 61.6 Å². The van der Waals surface area contributed by atoms with Gasteiger partial charge in [0.15, 0.2) is 0 Å². The molecule has 4 unspecified atom stereocenters. The Labute approximate surface area is 212 Å². The van der Waals surface area contributed by atoms with Crippen LogP contribution < -0.4 is 11.1 Å². The molecular weight excluding hydrogens is 456 g/mol. The summed E-state index contributed by atoms with van der Waals surface area (Å²) in [7, 11) is 0. The highest BCUT2D eigenvalue weighted by molar-refractivity contribution is 5.93. The number of hydrogen-bond donors (Lipinski definition) is 3. The number of rotatable bonds is 6. The molecule has 2 aliphatic heterocycles. The van der Waals surface area contributed by atoms with Crippen LogP contribution in [0.4, 0.5) is 0 Å². The summed E-state index contributed by atoms with van der Waals surface area (Å²) in [5.41, 5.74) is 6.35. The molecule has 7 heteroatoms. The summed E-state index contributed by atoms with van der Waals surface area (Å²) >= 11 is 0. The molecule has 0 radical (unpaired) electrons. The van der Waals surface area contributed by atoms with Crippen LogP contribution in [0.1, 0.15) is 51.5 Å². The standard InChI is InChI=1S/C29H36N2O5/c1-17-10-13-22-24(21(17)12-11-20-14-15-36-26(20)33)18(2)16-23(32)31-29(22,4)25(28(3,30)27(34)35)19-8-6-5-7-9-19/h5-9,11-12,14,18,21-22,24-25H,1,10,13,15-16,30H2,2-4H3,(H,31,32)(H,34,35)/b12-11+/t18?,21-,22?,24-,25?,28?,29+/m0/s1. The van der Waals surface area contributed by atoms with Crippen LogP contribution in [-0.4, -0.2) is 40.6 Å². The molecular formula is C29H36N2O5. The van der Waals surface area contributed by atoms with Gasteiger partial charge in [0.25, 0.3) is 0 Å². The molecule has 0 spiro atoms. The number of cyclic esters (lactones) is 1. The third-order valence-electron chi connectivity index (χ3n) is 8.50. The van der Waals surface area contributed by atoms with E-state index in [1.807, 2.05) is 43.3 Å². The molecule has 7 atom stereocenters. The number of carbonyl (C=O) groups is 3. The minimum atomic E-state index is -1.64. The van der Waals surface area contributed by atoms with E-state index in [1.54, 1.807) is 12.2 Å². The van der Waals surface area contributed by atoms with Crippen LogP contribution in [0, 0.1) is 23.7 Å². The molecule has 4 rings (SSSR count). The molecule has 1 amide bonds. The second-order valence-corrected chi connectivity index (χ2v) is 11.0. The van der Waals surface area contributed by atoms with Crippen molar-refractivity contribution in [3.63, 3.8) is 0 Å². The van der Waals surface area contributed by atoms with Gasteiger partial charge in [-0.15, -0.1) is 0 Å². The topological polar surface area (TPSA) is 119 Å². The van der Waals surface area contributed by atoms with E-state index in [2.05, 4.69) is 18.8 Å². The lowest BCUT2D eigenvalue weighted by Crippen LogP contribution is -2.66. The van der Waals surface area contributed by atoms with Crippen molar-refractivity contribution in [3.05, 3.63) is 71.8 Å². The van der Waals surface area contributed by atoms with E-state index in [-0.39, 0.29) is 42.2 Å². The number of carboxylic acid groups (broad SMARTS) is 1. The monoisotopic (exact) mass is 492 g/mol. The zero-order valence-electron chi connectivity index (χ0n) is 21.2. The first-order chi connectivity index (χ1) is 17.0. The predicted octanol–water partition coefficient (Wildman–Crippen LogP) is 3.72. The lowest BCUT2D eigenvalue weighted by molar-refractivity contribution is -0.145. The fraction of sp³-hybridized carbons (Fsp3) is 0.483. The maximum Gasteiger partial charge on any atom is 0.338 e. The van der Waals surface area contributed by atoms with Crippen LogP contribution >= 0.6 is 0 Å². The number of amides is 1. The Balaban J connectivity index is 1.84. The summed E-state index contributed by atoms with van der Waals surface area (Å²) in [4.78, 5) is 37.8. The zero-order valence-corrected chi connectivity index (χ0v) is 21.2. The largest absolute Gasteiger partial charge is 0.480 e. The molecule has 3 aliphatic rings. The van der Waals surface area contributed by atoms with Crippen LogP contribution in [0.15, 0.2) is 66.3 Å². The maximum atomic E-state index is 13.3. The second kappa shape index (κ2) is 9.69. The summed E-state index contributed by atoms with van der Waals surface area (Å²) in [6, 6.07) is 9.38. The van der Waals surface area contributed by atoms with Gasteiger partial charge in [0, 0.05) is 23.8 Å². The molecule has 1 saturated carbocycles. The lowest BCUT2D eigenvalue weighted by Gasteiger charge is -2.53. The number of nitrogens with one attached hydrogen (secondary N) is 1. The molecule has 1 aliphatic carbocycles. The lowest BCUT2D eigenvalue weighted by atomic mass is 9.54. The molecule has 0 bridgehead atoms. The van der Waals surface area contributed by atoms with Gasteiger partial charge in [0.1, 0.15) is 12.1 Å². The molecule has 2 heterocycles. The molecule has 1 aromatic carbocycles. The molecule has 4 N–H and O–H groups in total. The number of ether oxygens (including phenoxy) is 1. The Bertz CT molecular complexity index is 1120. The van der Waals surface area contributed by atoms with Crippen molar-refractivity contribution in [2.45, 2.75) is 57.0 Å². The van der Waals surface area contributed by atoms with Crippen molar-refractivity contribution in [2.75, 3.05) is 6.61 Å². The number of carboxylic acids is 1. The second-order valence-electron chi connectivity index (χ2n) is 11.0. The van der Waals surface area contributed by atoms with Crippen LogP contribution in [0.2, 0.25) is 0 Å². The van der Waals surface area contributed by atoms with E-state index in [1.165, 1.54) is 6.92 Å². The van der Waals surface area contributed by atoms with Crippen LogP contribution in [0.25, 0.3) is 0 Å². The van der Waals surface area contributed by atoms with Gasteiger partial charge in [-0.2, -0.15) is 0 Å². The molecule has 1 saturated heterocycles. The van der Waals surface area contributed by atoms with Gasteiger partial charge in [-0.3, -0.25) is 9.59 Å². The first kappa shape index (κ1) is 25.9. The first-order valence-corrected chi connectivity index (χ1v) is 12.6. The first-order valence-electron chi connectivity index (χ1n) is 12.6. The van der Waals surface area contributed by atoms with Gasteiger partial charge in [-0.25, -0.2) is 4.79 Å². The molecule has 36 heavy (non-hydrogen) atoms. The summed E-state index contributed by atoms with van der Waals surface area (Å²) in [6.45, 7) is 10.2. The van der Waals surface area contributed by atoms with E-state index >= 15 is 0 Å². The summed E-state index contributed by atoms with van der Waals surface area (Å²) in [5.74, 6) is -2.40. The number of allylic oxidation sites excluding steroid dienone is 2. The van der Waals surface area contributed by atoms with Crippen LogP contribution in [-0.2, 0) is 19.1 Å². The summed E-state index contributed by atoms with van der Waals surface area (Å²) < 4.78 is 5.04. The van der Waals surface area contributed by atoms with Gasteiger partial charge >= 0.3 is 11.9 Å². The zero-order chi connectivity index (χ0) is 26.3. The Kier molecular flexibility index (Phi) is 6.97. The summed E-state index contributed by atoms with van der Waals surface area (Å²) in [5, 5.41) is 13.5. The normalized spacial score (nSPS) is 33.1. The fourth-order valence-electron chi connectivity index (χ4n) is 6.90. The van der Waals surface area contributed by atoms with Crippen LogP contribution in [0.5, 0.6) is 0 Å². The minimum Gasteiger partial charge on any atom is -0.480 e. The van der Waals surface area contributed by atoms with Gasteiger partial charge in [0.2, 0.25) is 5.91 Å². The van der Waals surface area contributed by atoms with Crippen molar-refractivity contribution in [3.8, 4) is 0 Å². The SMILES string of the molecule is C=C1CCC2[C@@H](C(C)CC(=O)N[C@@]2(C)C(c2ccccc2)C(C)(N)C(=O)O)[C@H]1/C=C/C1=CCOC1=O. The number of aliphatic carboxylic acids is 1. The molecule has 192 valence electrons. The van der Waals surface area contributed by atoms with Gasteiger partial charge in [0.05, 0.1) is 5.57 Å². The highest BCUT2D eigenvalue weighted by Gasteiger charge is 2.58. The molecule has 2 fully saturated rings. The van der Waals surface area contributed by atoms with Gasteiger partial charge in [-0.05, 0) is 56.1 Å². The third kappa shape index (κ3) is 4.52. The molecule has 0 aromatic heterocycles. The van der Waals surface area contributed by atoms with Crippen molar-refractivity contribution < 1.29 is 24.2 Å². The van der Waals surface area contributed by atoms with Gasteiger partial charge < -0.3 is 20.9 Å². The Hall–Kier alpha value is -3.19. The third-order valence-corrected chi connectivity index (χ3v) is 8.50. The highest BCUT2D eigenvalue weighted by atomic mass is 16.5. The number of benzene rings is 1. The highest BCUT2D eigenvalue weighted by Crippen LogP contribution is 2.54. The summed E-state index contributed by atoms with van der Waals surface area (Å²) in [6.07, 6.45) is 7.37. The molecule has 7 nitrogen and oxygen atoms in total. The minimum absolute atomic E-state index is 0.000260. The fourth-order valence-corrected chi connectivity index (χ4v) is 6.90. The van der Waals surface area contributed by atoms with E-state index in [4.69, 9.17) is 10.5 Å². The number of nitrogens with two attached hydrogens (primary N) is 1. The smallest absolute Gasteiger partial charge is 0.338 e. The number of esters is 1. The average Bonchev–Trinajstić information content (AvgIpc) is 3.18. The van der Waals surface area contributed by atoms with Crippen LogP contribution in [0.3, 0.4) is 0 Å². The Morgan fingerprint density at radius 3 is 2.64 bits per heavy atom. The maximum absolute atomic E-state index is 13.3. The van der Waals surface area contributed by atoms with E-state index in [9.17, 15) is 19.5 Å². The van der Waals surface area contributed by atoms with Crippen molar-refractivity contribution in [1.29, 1.82) is 0 Å². The predicted molar refractivity (Wildman–Crippen MR) is 137 cm³/mol. The van der Waals surface area contributed by atoms with E-state index < -0.39 is 23.0 Å². The number of fused-ring (bicyclic) bond motifs is 1. The number of hydrogen-bond acceptors (Lipinski definition) is 5. The average molecular weight is 493 g/mol. The van der Waals surface area contributed by atoms with E-state index in [0.29, 0.717) is 12.0 Å².